The van der Waals surface area contributed by atoms with Gasteiger partial charge in [0.15, 0.2) is 0 Å². The Morgan fingerprint density at radius 1 is 1.39 bits per heavy atom. The highest BCUT2D eigenvalue weighted by Crippen LogP contribution is 2.25. The van der Waals surface area contributed by atoms with Crippen molar-refractivity contribution in [2.75, 3.05) is 12.5 Å². The predicted molar refractivity (Wildman–Crippen MR) is 89.2 cm³/mol. The molecular weight excluding hydrogens is 294 g/mol. The molecule has 0 fully saturated rings. The number of nitrogens with two attached hydrogens (primary N) is 1. The van der Waals surface area contributed by atoms with Crippen molar-refractivity contribution in [2.24, 2.45) is 16.8 Å². The van der Waals surface area contributed by atoms with Crippen molar-refractivity contribution in [3.05, 3.63) is 36.4 Å². The Labute approximate surface area is 134 Å². The molecule has 1 rings (SSSR count). The molecule has 2 amide bonds. The quantitative estimate of drug-likeness (QED) is 0.518. The second-order valence-electron chi connectivity index (χ2n) is 4.93. The number of anilines is 1. The normalized spacial score (nSPS) is 12.0. The van der Waals surface area contributed by atoms with Gasteiger partial charge in [0.2, 0.25) is 11.6 Å². The second kappa shape index (κ2) is 8.34. The first kappa shape index (κ1) is 17.9. The predicted octanol–water partition coefficient (Wildman–Crippen LogP) is 1.25. The number of rotatable bonds is 7. The summed E-state index contributed by atoms with van der Waals surface area (Å²) in [5, 5.41) is 14.9. The summed E-state index contributed by atoms with van der Waals surface area (Å²) in [5.41, 5.74) is 9.50. The molecule has 4 N–H and O–H groups in total. The summed E-state index contributed by atoms with van der Waals surface area (Å²) < 4.78 is 0. The van der Waals surface area contributed by atoms with Crippen molar-refractivity contribution in [2.45, 2.75) is 13.3 Å². The van der Waals surface area contributed by atoms with Crippen LogP contribution in [-0.4, -0.2) is 24.6 Å². The molecule has 7 heteroatoms. The largest absolute Gasteiger partial charge is 0.364 e. The zero-order valence-corrected chi connectivity index (χ0v) is 13.1. The van der Waals surface area contributed by atoms with Crippen LogP contribution in [0.15, 0.2) is 35.9 Å². The van der Waals surface area contributed by atoms with E-state index in [1.165, 1.54) is 0 Å². The smallest absolute Gasteiger partial charge is 0.280 e. The van der Waals surface area contributed by atoms with Crippen molar-refractivity contribution in [1.82, 2.24) is 5.32 Å². The van der Waals surface area contributed by atoms with E-state index in [-0.39, 0.29) is 11.8 Å². The van der Waals surface area contributed by atoms with E-state index in [1.807, 2.05) is 19.1 Å². The van der Waals surface area contributed by atoms with Gasteiger partial charge < -0.3 is 11.1 Å². The van der Waals surface area contributed by atoms with E-state index in [1.54, 1.807) is 25.2 Å². The molecule has 120 valence electrons. The number of carbonyl (C=O) groups excluding carboxylic acids is 2. The fourth-order valence-corrected chi connectivity index (χ4v) is 1.80. The van der Waals surface area contributed by atoms with Crippen molar-refractivity contribution in [3.8, 4) is 6.07 Å². The van der Waals surface area contributed by atoms with Crippen molar-refractivity contribution < 1.29 is 9.59 Å². The number of nitrogens with one attached hydrogen (secondary N) is 2. The summed E-state index contributed by atoms with van der Waals surface area (Å²) in [6, 6.07) is 8.69. The lowest BCUT2D eigenvalue weighted by atomic mass is 9.92. The molecule has 0 unspecified atom stereocenters. The fraction of sp³-hybridized carbons (Fsp3) is 0.250. The number of hydrazone groups is 1. The summed E-state index contributed by atoms with van der Waals surface area (Å²) in [6.07, 6.45) is 0.365. The molecular formula is C16H19N5O2. The highest BCUT2D eigenvalue weighted by molar-refractivity contribution is 6.44. The molecule has 0 bridgehead atoms. The SMILES string of the molecule is C=C(c1ccc(N/N=C(\C#N)C(N)=O)cc1)[C@H](C)CC(=O)NC. The van der Waals surface area contributed by atoms with Gasteiger partial charge in [-0.15, -0.1) is 0 Å². The van der Waals surface area contributed by atoms with E-state index < -0.39 is 11.6 Å². The van der Waals surface area contributed by atoms with E-state index in [4.69, 9.17) is 11.0 Å². The zero-order chi connectivity index (χ0) is 17.4. The van der Waals surface area contributed by atoms with Gasteiger partial charge in [-0.3, -0.25) is 15.0 Å². The van der Waals surface area contributed by atoms with Gasteiger partial charge in [-0.1, -0.05) is 25.6 Å². The van der Waals surface area contributed by atoms with Crippen LogP contribution in [0.1, 0.15) is 18.9 Å². The number of nitriles is 1. The Morgan fingerprint density at radius 3 is 2.48 bits per heavy atom. The minimum absolute atomic E-state index is 0.00633. The van der Waals surface area contributed by atoms with E-state index in [0.717, 1.165) is 11.1 Å². The number of primary amides is 1. The van der Waals surface area contributed by atoms with Gasteiger partial charge in [0.05, 0.1) is 5.69 Å². The monoisotopic (exact) mass is 313 g/mol. The van der Waals surface area contributed by atoms with Crippen molar-refractivity contribution >= 4 is 28.8 Å². The summed E-state index contributed by atoms with van der Waals surface area (Å²) in [7, 11) is 1.60. The van der Waals surface area contributed by atoms with Crippen LogP contribution in [0, 0.1) is 17.2 Å². The number of allylic oxidation sites excluding steroid dienone is 1. The Morgan fingerprint density at radius 2 is 2.00 bits per heavy atom. The minimum Gasteiger partial charge on any atom is -0.364 e. The Hall–Kier alpha value is -3.14. The van der Waals surface area contributed by atoms with Gasteiger partial charge in [0, 0.05) is 13.5 Å². The Bertz CT molecular complexity index is 671. The molecule has 0 aromatic heterocycles. The third-order valence-corrected chi connectivity index (χ3v) is 3.26. The van der Waals surface area contributed by atoms with E-state index in [0.29, 0.717) is 12.1 Å². The molecule has 23 heavy (non-hydrogen) atoms. The second-order valence-corrected chi connectivity index (χ2v) is 4.93. The van der Waals surface area contributed by atoms with Crippen LogP contribution in [0.4, 0.5) is 5.69 Å². The lowest BCUT2D eigenvalue weighted by molar-refractivity contribution is -0.121. The van der Waals surface area contributed by atoms with Crippen molar-refractivity contribution in [3.63, 3.8) is 0 Å². The third kappa shape index (κ3) is 5.28. The van der Waals surface area contributed by atoms with Gasteiger partial charge in [-0.25, -0.2) is 0 Å². The zero-order valence-electron chi connectivity index (χ0n) is 13.1. The van der Waals surface area contributed by atoms with E-state index in [2.05, 4.69) is 22.4 Å². The molecule has 0 aliphatic heterocycles. The average molecular weight is 313 g/mol. The number of carbonyl (C=O) groups is 2. The molecule has 7 nitrogen and oxygen atoms in total. The molecule has 1 aromatic carbocycles. The molecule has 0 saturated carbocycles. The molecule has 1 aromatic rings. The molecule has 0 saturated heterocycles. The van der Waals surface area contributed by atoms with Crippen LogP contribution in [-0.2, 0) is 9.59 Å². The topological polar surface area (TPSA) is 120 Å². The number of benzene rings is 1. The van der Waals surface area contributed by atoms with Gasteiger partial charge >= 0.3 is 0 Å². The molecule has 0 radical (unpaired) electrons. The first-order valence-corrected chi connectivity index (χ1v) is 6.92. The number of hydrogen-bond acceptors (Lipinski definition) is 5. The van der Waals surface area contributed by atoms with Gasteiger partial charge in [0.1, 0.15) is 6.07 Å². The summed E-state index contributed by atoms with van der Waals surface area (Å²) >= 11 is 0. The van der Waals surface area contributed by atoms with Crippen LogP contribution < -0.4 is 16.5 Å². The molecule has 0 aliphatic rings. The van der Waals surface area contributed by atoms with Gasteiger partial charge in [0.25, 0.3) is 5.91 Å². The summed E-state index contributed by atoms with van der Waals surface area (Å²) in [4.78, 5) is 22.3. The molecule has 1 atom stereocenters. The van der Waals surface area contributed by atoms with Crippen LogP contribution >= 0.6 is 0 Å². The van der Waals surface area contributed by atoms with Gasteiger partial charge in [-0.2, -0.15) is 10.4 Å². The van der Waals surface area contributed by atoms with Crippen LogP contribution in [0.3, 0.4) is 0 Å². The molecule has 0 heterocycles. The average Bonchev–Trinajstić information content (AvgIpc) is 2.54. The first-order valence-electron chi connectivity index (χ1n) is 6.92. The summed E-state index contributed by atoms with van der Waals surface area (Å²) in [6.45, 7) is 5.95. The van der Waals surface area contributed by atoms with Crippen LogP contribution in [0.2, 0.25) is 0 Å². The van der Waals surface area contributed by atoms with Crippen molar-refractivity contribution in [1.29, 1.82) is 5.26 Å². The minimum atomic E-state index is -0.895. The third-order valence-electron chi connectivity index (χ3n) is 3.26. The maximum absolute atomic E-state index is 11.4. The number of nitrogens with zero attached hydrogens (tertiary/aromatic N) is 2. The molecule has 0 aliphatic carbocycles. The highest BCUT2D eigenvalue weighted by Gasteiger charge is 2.12. The maximum Gasteiger partial charge on any atom is 0.280 e. The standard InChI is InChI=1S/C16H19N5O2/c1-10(8-15(22)19-3)11(2)12-4-6-13(7-5-12)20-21-14(9-17)16(18)23/h4-7,10,20H,2,8H2,1,3H3,(H2,18,23)(H,19,22)/b21-14+/t10-/m1/s1. The van der Waals surface area contributed by atoms with E-state index >= 15 is 0 Å². The van der Waals surface area contributed by atoms with Crippen LogP contribution in [0.5, 0.6) is 0 Å². The highest BCUT2D eigenvalue weighted by atomic mass is 16.1. The Kier molecular flexibility index (Phi) is 6.49. The first-order chi connectivity index (χ1) is 10.9. The summed E-state index contributed by atoms with van der Waals surface area (Å²) in [5.74, 6) is -0.929. The number of amides is 2. The lowest BCUT2D eigenvalue weighted by Gasteiger charge is -2.14. The fourth-order valence-electron chi connectivity index (χ4n) is 1.80. The van der Waals surface area contributed by atoms with Gasteiger partial charge in [-0.05, 0) is 29.2 Å². The lowest BCUT2D eigenvalue weighted by Crippen LogP contribution is -2.22. The maximum atomic E-state index is 11.4. The molecule has 0 spiro atoms. The van der Waals surface area contributed by atoms with Crippen LogP contribution in [0.25, 0.3) is 5.57 Å². The van der Waals surface area contributed by atoms with E-state index in [9.17, 15) is 9.59 Å². The number of hydrogen-bond donors (Lipinski definition) is 3. The Balaban J connectivity index is 2.77.